The molecule has 0 heterocycles. The Kier molecular flexibility index (Phi) is 6.73. The molecule has 0 saturated heterocycles. The number of carbonyl (C=O) groups is 1. The summed E-state index contributed by atoms with van der Waals surface area (Å²) in [4.78, 5) is 14.6. The van der Waals surface area contributed by atoms with Gasteiger partial charge in [-0.05, 0) is 42.5 Å². The van der Waals surface area contributed by atoms with Gasteiger partial charge in [-0.15, -0.1) is 0 Å². The highest BCUT2D eigenvalue weighted by Crippen LogP contribution is 2.12. The lowest BCUT2D eigenvalue weighted by Gasteiger charge is -2.26. The molecule has 0 aliphatic carbocycles. The van der Waals surface area contributed by atoms with Gasteiger partial charge in [0, 0.05) is 18.7 Å². The van der Waals surface area contributed by atoms with E-state index in [9.17, 15) is 4.79 Å². The van der Waals surface area contributed by atoms with E-state index in [1.807, 2.05) is 29.2 Å². The van der Waals surface area contributed by atoms with Crippen molar-refractivity contribution in [2.75, 3.05) is 19.6 Å². The van der Waals surface area contributed by atoms with Crippen LogP contribution in [0.4, 0.5) is 0 Å². The molecule has 0 aromatic heterocycles. The van der Waals surface area contributed by atoms with E-state index in [0.29, 0.717) is 18.4 Å². The summed E-state index contributed by atoms with van der Waals surface area (Å²) in [5.41, 5.74) is 7.50. The van der Waals surface area contributed by atoms with Gasteiger partial charge in [0.05, 0.1) is 0 Å². The molecular formula is C17H28N2O. The Morgan fingerprint density at radius 3 is 1.95 bits per heavy atom. The molecule has 0 atom stereocenters. The van der Waals surface area contributed by atoms with Crippen LogP contribution in [0, 0.1) is 11.8 Å². The van der Waals surface area contributed by atoms with E-state index in [2.05, 4.69) is 27.7 Å². The van der Waals surface area contributed by atoms with Crippen LogP contribution in [0.1, 0.15) is 43.6 Å². The lowest BCUT2D eigenvalue weighted by atomic mass is 10.1. The Bertz CT molecular complexity index is 400. The molecule has 1 aromatic rings. The molecule has 20 heavy (non-hydrogen) atoms. The first-order valence-electron chi connectivity index (χ1n) is 7.52. The number of rotatable bonds is 7. The molecule has 0 radical (unpaired) electrons. The van der Waals surface area contributed by atoms with E-state index in [-0.39, 0.29) is 5.91 Å². The van der Waals surface area contributed by atoms with Gasteiger partial charge in [0.1, 0.15) is 0 Å². The molecule has 3 heteroatoms. The van der Waals surface area contributed by atoms with E-state index in [4.69, 9.17) is 5.73 Å². The molecule has 0 spiro atoms. The molecule has 112 valence electrons. The second-order valence-corrected chi connectivity index (χ2v) is 6.23. The summed E-state index contributed by atoms with van der Waals surface area (Å²) in [5, 5.41) is 0. The standard InChI is InChI=1S/C17H28N2O/c1-13(2)11-19(12-14(3)4)17(20)16-7-5-15(6-8-16)9-10-18/h5-8,13-14H,9-12,18H2,1-4H3. The first kappa shape index (κ1) is 16.7. The second kappa shape index (κ2) is 8.05. The lowest BCUT2D eigenvalue weighted by molar-refractivity contribution is 0.0715. The molecule has 0 fully saturated rings. The summed E-state index contributed by atoms with van der Waals surface area (Å²) in [6, 6.07) is 7.84. The quantitative estimate of drug-likeness (QED) is 0.832. The number of nitrogens with zero attached hydrogens (tertiary/aromatic N) is 1. The number of amides is 1. The van der Waals surface area contributed by atoms with Gasteiger partial charge in [-0.2, -0.15) is 0 Å². The molecule has 1 amide bonds. The van der Waals surface area contributed by atoms with Gasteiger partial charge in [0.2, 0.25) is 0 Å². The van der Waals surface area contributed by atoms with Crippen LogP contribution in [0.3, 0.4) is 0 Å². The Balaban J connectivity index is 2.82. The van der Waals surface area contributed by atoms with Crippen molar-refractivity contribution in [1.82, 2.24) is 4.90 Å². The SMILES string of the molecule is CC(C)CN(CC(C)C)C(=O)c1ccc(CCN)cc1. The van der Waals surface area contributed by atoms with E-state index in [1.165, 1.54) is 5.56 Å². The molecule has 0 aliphatic rings. The monoisotopic (exact) mass is 276 g/mol. The highest BCUT2D eigenvalue weighted by molar-refractivity contribution is 5.94. The van der Waals surface area contributed by atoms with Gasteiger partial charge < -0.3 is 10.6 Å². The second-order valence-electron chi connectivity index (χ2n) is 6.23. The fourth-order valence-corrected chi connectivity index (χ4v) is 2.29. The van der Waals surface area contributed by atoms with Crippen molar-refractivity contribution < 1.29 is 4.79 Å². The average molecular weight is 276 g/mol. The maximum absolute atomic E-state index is 12.6. The van der Waals surface area contributed by atoms with Crippen LogP contribution < -0.4 is 5.73 Å². The predicted molar refractivity (Wildman–Crippen MR) is 84.8 cm³/mol. The number of nitrogens with two attached hydrogens (primary N) is 1. The Labute approximate surface area is 123 Å². The third-order valence-corrected chi connectivity index (χ3v) is 3.09. The van der Waals surface area contributed by atoms with Gasteiger partial charge in [-0.25, -0.2) is 0 Å². The van der Waals surface area contributed by atoms with Crippen LogP contribution in [-0.4, -0.2) is 30.4 Å². The first-order chi connectivity index (χ1) is 9.43. The largest absolute Gasteiger partial charge is 0.338 e. The third kappa shape index (κ3) is 5.33. The highest BCUT2D eigenvalue weighted by Gasteiger charge is 2.17. The molecule has 2 N–H and O–H groups in total. The van der Waals surface area contributed by atoms with Crippen molar-refractivity contribution in [3.63, 3.8) is 0 Å². The Morgan fingerprint density at radius 2 is 1.55 bits per heavy atom. The maximum atomic E-state index is 12.6. The van der Waals surface area contributed by atoms with Crippen LogP contribution in [0.2, 0.25) is 0 Å². The summed E-state index contributed by atoms with van der Waals surface area (Å²) in [6.07, 6.45) is 0.857. The molecule has 0 saturated carbocycles. The summed E-state index contributed by atoms with van der Waals surface area (Å²) < 4.78 is 0. The third-order valence-electron chi connectivity index (χ3n) is 3.09. The van der Waals surface area contributed by atoms with Gasteiger partial charge in [0.25, 0.3) is 5.91 Å². The van der Waals surface area contributed by atoms with E-state index >= 15 is 0 Å². The zero-order valence-electron chi connectivity index (χ0n) is 13.2. The van der Waals surface area contributed by atoms with Gasteiger partial charge >= 0.3 is 0 Å². The van der Waals surface area contributed by atoms with Gasteiger partial charge in [0.15, 0.2) is 0 Å². The number of benzene rings is 1. The van der Waals surface area contributed by atoms with E-state index in [0.717, 1.165) is 25.1 Å². The summed E-state index contributed by atoms with van der Waals surface area (Å²) in [7, 11) is 0. The number of carbonyl (C=O) groups excluding carboxylic acids is 1. The van der Waals surface area contributed by atoms with Crippen LogP contribution in [-0.2, 0) is 6.42 Å². The van der Waals surface area contributed by atoms with Gasteiger partial charge in [-0.1, -0.05) is 39.8 Å². The van der Waals surface area contributed by atoms with Crippen LogP contribution >= 0.6 is 0 Å². The fraction of sp³-hybridized carbons (Fsp3) is 0.588. The summed E-state index contributed by atoms with van der Waals surface area (Å²) >= 11 is 0. The average Bonchev–Trinajstić information content (AvgIpc) is 2.37. The Morgan fingerprint density at radius 1 is 1.05 bits per heavy atom. The van der Waals surface area contributed by atoms with Gasteiger partial charge in [-0.3, -0.25) is 4.79 Å². The molecule has 3 nitrogen and oxygen atoms in total. The normalized spacial score (nSPS) is 11.2. The van der Waals surface area contributed by atoms with Crippen molar-refractivity contribution in [2.45, 2.75) is 34.1 Å². The lowest BCUT2D eigenvalue weighted by Crippen LogP contribution is -2.37. The molecule has 0 aliphatic heterocycles. The van der Waals surface area contributed by atoms with Crippen molar-refractivity contribution in [2.24, 2.45) is 17.6 Å². The first-order valence-corrected chi connectivity index (χ1v) is 7.52. The minimum absolute atomic E-state index is 0.131. The smallest absolute Gasteiger partial charge is 0.253 e. The van der Waals surface area contributed by atoms with Crippen LogP contribution in [0.25, 0.3) is 0 Å². The van der Waals surface area contributed by atoms with Crippen molar-refractivity contribution in [3.8, 4) is 0 Å². The summed E-state index contributed by atoms with van der Waals surface area (Å²) in [5.74, 6) is 1.09. The van der Waals surface area contributed by atoms with Crippen molar-refractivity contribution in [1.29, 1.82) is 0 Å². The van der Waals surface area contributed by atoms with E-state index < -0.39 is 0 Å². The minimum Gasteiger partial charge on any atom is -0.338 e. The Hall–Kier alpha value is -1.35. The van der Waals surface area contributed by atoms with Crippen molar-refractivity contribution >= 4 is 5.91 Å². The maximum Gasteiger partial charge on any atom is 0.253 e. The topological polar surface area (TPSA) is 46.3 Å². The zero-order valence-corrected chi connectivity index (χ0v) is 13.2. The highest BCUT2D eigenvalue weighted by atomic mass is 16.2. The summed E-state index contributed by atoms with van der Waals surface area (Å²) in [6.45, 7) is 10.8. The molecular weight excluding hydrogens is 248 g/mol. The fourth-order valence-electron chi connectivity index (χ4n) is 2.29. The van der Waals surface area contributed by atoms with Crippen LogP contribution in [0.15, 0.2) is 24.3 Å². The van der Waals surface area contributed by atoms with Crippen LogP contribution in [0.5, 0.6) is 0 Å². The van der Waals surface area contributed by atoms with Crippen molar-refractivity contribution in [3.05, 3.63) is 35.4 Å². The molecule has 1 rings (SSSR count). The van der Waals surface area contributed by atoms with E-state index in [1.54, 1.807) is 0 Å². The minimum atomic E-state index is 0.131. The molecule has 0 unspecified atom stereocenters. The zero-order chi connectivity index (χ0) is 15.1. The molecule has 1 aromatic carbocycles. The molecule has 0 bridgehead atoms. The predicted octanol–water partition coefficient (Wildman–Crippen LogP) is 2.94. The number of hydrogen-bond acceptors (Lipinski definition) is 2. The number of hydrogen-bond donors (Lipinski definition) is 1.